The molecule has 0 aliphatic carbocycles. The van der Waals surface area contributed by atoms with Gasteiger partial charge in [-0.05, 0) is 28.8 Å². The van der Waals surface area contributed by atoms with E-state index in [-0.39, 0.29) is 98.8 Å². The number of halogens is 3. The van der Waals surface area contributed by atoms with E-state index in [0.717, 1.165) is 30.0 Å². The minimum atomic E-state index is -0.569. The first-order valence-corrected chi connectivity index (χ1v) is 14.0. The molecule has 0 fully saturated rings. The summed E-state index contributed by atoms with van der Waals surface area (Å²) in [5.74, 6) is -0.265. The number of rotatable bonds is 6. The van der Waals surface area contributed by atoms with Crippen LogP contribution in [-0.2, 0) is 20.7 Å². The van der Waals surface area contributed by atoms with Crippen LogP contribution in [0.1, 0.15) is 67.4 Å². The number of nitrogens with one attached hydrogen (secondary N) is 2. The van der Waals surface area contributed by atoms with E-state index in [2.05, 4.69) is 74.6 Å². The summed E-state index contributed by atoms with van der Waals surface area (Å²) in [6.07, 6.45) is 1.65. The van der Waals surface area contributed by atoms with Crippen molar-refractivity contribution in [2.75, 3.05) is 11.5 Å². The molecule has 37 heavy (non-hydrogen) atoms. The summed E-state index contributed by atoms with van der Waals surface area (Å²) < 4.78 is 28.0. The van der Waals surface area contributed by atoms with Gasteiger partial charge >= 0.3 is 0 Å². The molecule has 0 saturated heterocycles. The third-order valence-corrected chi connectivity index (χ3v) is 5.49. The number of amides is 2. The normalized spacial score (nSPS) is 15.1. The van der Waals surface area contributed by atoms with Crippen LogP contribution in [0.15, 0.2) is 35.3 Å². The van der Waals surface area contributed by atoms with Crippen molar-refractivity contribution >= 4 is 40.3 Å². The van der Waals surface area contributed by atoms with Crippen LogP contribution in [0.25, 0.3) is 0 Å². The molecule has 1 aliphatic heterocycles. The van der Waals surface area contributed by atoms with E-state index in [1.807, 2.05) is 17.9 Å². The summed E-state index contributed by atoms with van der Waals surface area (Å²) in [6.45, 7) is 16.4. The van der Waals surface area contributed by atoms with Crippen molar-refractivity contribution in [3.63, 3.8) is 0 Å². The quantitative estimate of drug-likeness (QED) is 0.205. The van der Waals surface area contributed by atoms with Crippen LogP contribution in [0.2, 0.25) is 0 Å². The molecule has 218 valence electrons. The van der Waals surface area contributed by atoms with Crippen molar-refractivity contribution in [1.29, 1.82) is 0 Å². The van der Waals surface area contributed by atoms with E-state index < -0.39 is 11.8 Å². The maximum atomic E-state index is 11.2. The van der Waals surface area contributed by atoms with Gasteiger partial charge in [-0.15, -0.1) is 8.96 Å². The van der Waals surface area contributed by atoms with Gasteiger partial charge in [0.1, 0.15) is 6.61 Å². The second-order valence-corrected chi connectivity index (χ2v) is 9.59. The second kappa shape index (κ2) is 25.7. The van der Waals surface area contributed by atoms with Gasteiger partial charge in [-0.2, -0.15) is 11.1 Å². The molecule has 2 amide bonds. The Bertz CT molecular complexity index is 752. The van der Waals surface area contributed by atoms with Gasteiger partial charge in [0.2, 0.25) is 11.8 Å². The number of ether oxygens (including phenoxy) is 1. The van der Waals surface area contributed by atoms with E-state index in [1.165, 1.54) is 5.56 Å². The molecule has 0 bridgehead atoms. The molecule has 2 rings (SSSR count). The molecule has 0 saturated carbocycles. The summed E-state index contributed by atoms with van der Waals surface area (Å²) in [5.41, 5.74) is 3.64. The molecule has 0 unspecified atom stereocenters. The average molecular weight is 691 g/mol. The molecule has 0 radical (unpaired) electrons. The predicted molar refractivity (Wildman–Crippen MR) is 149 cm³/mol. The molecule has 1 heterocycles. The second-order valence-electron chi connectivity index (χ2n) is 9.59. The summed E-state index contributed by atoms with van der Waals surface area (Å²) >= 11 is 2.15. The Morgan fingerprint density at radius 2 is 1.51 bits per heavy atom. The van der Waals surface area contributed by atoms with E-state index in [9.17, 15) is 18.6 Å². The Morgan fingerprint density at radius 1 is 1.03 bits per heavy atom. The van der Waals surface area contributed by atoms with Crippen molar-refractivity contribution in [1.82, 2.24) is 11.1 Å². The Labute approximate surface area is 296 Å². The number of carbonyl (C=O) groups is 2. The van der Waals surface area contributed by atoms with Gasteiger partial charge < -0.3 is 4.74 Å². The Hall–Kier alpha value is 0.739. The van der Waals surface area contributed by atoms with Gasteiger partial charge in [0.25, 0.3) is 0 Å². The molecular weight excluding hydrogens is 647 g/mol. The van der Waals surface area contributed by atoms with Crippen LogP contribution in [-0.4, -0.2) is 35.3 Å². The Morgan fingerprint density at radius 3 is 1.84 bits per heavy atom. The van der Waals surface area contributed by atoms with Crippen LogP contribution in [0.5, 0.6) is 0 Å². The predicted octanol–water partition coefficient (Wildman–Crippen LogP) is 6.44. The minimum Gasteiger partial charge on any atom is -0.478 e. The summed E-state index contributed by atoms with van der Waals surface area (Å²) in [4.78, 5) is 27.0. The Kier molecular flexibility index (Phi) is 31.1. The molecule has 11 heteroatoms. The van der Waals surface area contributed by atoms with Gasteiger partial charge in [-0.1, -0.05) is 108 Å². The van der Waals surface area contributed by atoms with Gasteiger partial charge in [0, 0.05) is 93.2 Å². The van der Waals surface area contributed by atoms with Crippen molar-refractivity contribution in [2.45, 2.75) is 74.3 Å². The van der Waals surface area contributed by atoms with Crippen LogP contribution < -0.4 is 11.1 Å². The average Bonchev–Trinajstić information content (AvgIpc) is 3.32. The van der Waals surface area contributed by atoms with Gasteiger partial charge in [0.05, 0.1) is 6.04 Å². The van der Waals surface area contributed by atoms with Gasteiger partial charge in [-0.25, -0.2) is 4.99 Å². The zero-order valence-corrected chi connectivity index (χ0v) is 26.9. The van der Waals surface area contributed by atoms with Gasteiger partial charge in [0.15, 0.2) is 5.90 Å². The van der Waals surface area contributed by atoms with Crippen LogP contribution in [0.3, 0.4) is 0 Å². The number of nitrogens with zero attached hydrogens (tertiary/aromatic N) is 1. The molecule has 0 aromatic heterocycles. The molecule has 3 atom stereocenters. The first kappa shape index (κ1) is 44.7. The monoisotopic (exact) mass is 691 g/mol. The van der Waals surface area contributed by atoms with Crippen LogP contribution in [0.4, 0.5) is 8.96 Å². The van der Waals surface area contributed by atoms with Crippen molar-refractivity contribution in [2.24, 2.45) is 28.2 Å². The van der Waals surface area contributed by atoms with E-state index in [1.54, 1.807) is 20.8 Å². The number of benzene rings is 1. The Balaban J connectivity index is -0.000000243. The zero-order chi connectivity index (χ0) is 27.6. The topological polar surface area (TPSA) is 79.8 Å². The number of alkyl halides is 1. The van der Waals surface area contributed by atoms with E-state index in [0.29, 0.717) is 12.3 Å². The summed E-state index contributed by atoms with van der Waals surface area (Å²) in [5, 5.41) is 0. The standard InChI is InChI=1S/C16H23NO.C5H10FNO.C4H8FNO.CH3I.2Ar/c1-12(16(2,3)4)15-17-14(11-18-15)10-13-8-6-5-7-9-13;1-3-4(2)5(8)7-6;1-3(2)4(7)6-5;1-2;;/h5-9,12,14H,10-11H2,1-4H3;4H,3H2,1-2H3,(H,7,8);3H,1-2H3,(H,6,7);1H3;;/t12-,14+;4-;;;;/m10..../s1. The van der Waals surface area contributed by atoms with E-state index >= 15 is 0 Å². The molecule has 1 aliphatic rings. The van der Waals surface area contributed by atoms with Crippen LogP contribution >= 0.6 is 22.6 Å². The fourth-order valence-electron chi connectivity index (χ4n) is 2.42. The van der Waals surface area contributed by atoms with Crippen molar-refractivity contribution in [3.05, 3.63) is 35.9 Å². The number of aliphatic imine (C=N–C) groups is 1. The smallest absolute Gasteiger partial charge is 0.250 e. The maximum Gasteiger partial charge on any atom is 0.250 e. The fourth-order valence-corrected chi connectivity index (χ4v) is 2.42. The van der Waals surface area contributed by atoms with Crippen molar-refractivity contribution < 1.29 is 98.8 Å². The number of hydrogen-bond donors (Lipinski definition) is 2. The van der Waals surface area contributed by atoms with Crippen molar-refractivity contribution in [3.8, 4) is 0 Å². The SMILES string of the molecule is CC(C)C(=O)NF.CC[C@H](C)C(=O)NF.CI.C[C@H](C1=N[C@@H](Cc2ccccc2)CO1)C(C)(C)C.[Ar].[Ar]. The summed E-state index contributed by atoms with van der Waals surface area (Å²) in [6, 6.07) is 10.8. The fraction of sp³-hybridized carbons (Fsp3) is 0.654. The van der Waals surface area contributed by atoms with E-state index in [4.69, 9.17) is 9.73 Å². The minimum absolute atomic E-state index is 0. The number of hydrogen-bond acceptors (Lipinski definition) is 4. The first-order valence-electron chi connectivity index (χ1n) is 11.8. The number of carbonyl (C=O) groups excluding carboxylic acids is 2. The molecule has 1 aromatic carbocycles. The van der Waals surface area contributed by atoms with Crippen LogP contribution in [0, 0.1) is 98.6 Å². The third-order valence-electron chi connectivity index (χ3n) is 5.49. The zero-order valence-electron chi connectivity index (χ0n) is 23.3. The van der Waals surface area contributed by atoms with Gasteiger partial charge in [-0.3, -0.25) is 9.59 Å². The first-order chi connectivity index (χ1) is 16.4. The largest absolute Gasteiger partial charge is 0.478 e. The molecule has 1 aromatic rings. The molecule has 0 spiro atoms. The molecule has 6 nitrogen and oxygen atoms in total. The molecule has 2 N–H and O–H groups in total. The summed E-state index contributed by atoms with van der Waals surface area (Å²) in [7, 11) is 0. The molecular formula is C26H44Ar2F2IN3O3. The third kappa shape index (κ3) is 21.2. The maximum absolute atomic E-state index is 11.2.